The van der Waals surface area contributed by atoms with Gasteiger partial charge in [0.25, 0.3) is 5.56 Å². The molecule has 0 amide bonds. The largest absolute Gasteiger partial charge is 0.481 e. The first-order valence-corrected chi connectivity index (χ1v) is 11.1. The standard InChI is InChI=1S/C26H32N2O3/c1-19(2)25-23(26(31)28(27-25)18-22-10-6-3-7-11-22)17-21-15-13-20(14-16-21)9-5-4-8-12-24(29)30/h3,6-7,10-11,13-16,19,27H,4-5,8-9,12,17-18H2,1-2H3,(H,29,30). The molecule has 3 rings (SSSR count). The summed E-state index contributed by atoms with van der Waals surface area (Å²) >= 11 is 0. The van der Waals surface area contributed by atoms with Crippen LogP contribution in [0.25, 0.3) is 0 Å². The molecule has 5 nitrogen and oxygen atoms in total. The number of H-pyrrole nitrogens is 1. The number of nitrogens with one attached hydrogen (secondary N) is 1. The lowest BCUT2D eigenvalue weighted by Crippen LogP contribution is -2.20. The van der Waals surface area contributed by atoms with Crippen molar-refractivity contribution < 1.29 is 9.90 Å². The minimum absolute atomic E-state index is 0.0510. The number of carboxylic acid groups (broad SMARTS) is 1. The minimum Gasteiger partial charge on any atom is -0.481 e. The number of hydrogen-bond acceptors (Lipinski definition) is 2. The molecule has 2 aromatic carbocycles. The van der Waals surface area contributed by atoms with E-state index in [9.17, 15) is 9.59 Å². The lowest BCUT2D eigenvalue weighted by Gasteiger charge is -2.07. The van der Waals surface area contributed by atoms with Crippen LogP contribution in [0.1, 0.15) is 73.4 Å². The molecule has 0 atom stereocenters. The van der Waals surface area contributed by atoms with Gasteiger partial charge in [0, 0.05) is 24.1 Å². The zero-order chi connectivity index (χ0) is 22.2. The van der Waals surface area contributed by atoms with Gasteiger partial charge in [0.05, 0.1) is 6.54 Å². The number of unbranched alkanes of at least 4 members (excludes halogenated alkanes) is 2. The highest BCUT2D eigenvalue weighted by Gasteiger charge is 2.17. The van der Waals surface area contributed by atoms with Crippen LogP contribution in [0.4, 0.5) is 0 Å². The Kier molecular flexibility index (Phi) is 7.88. The van der Waals surface area contributed by atoms with Crippen LogP contribution in [0.3, 0.4) is 0 Å². The second-order valence-electron chi connectivity index (χ2n) is 8.48. The Bertz CT molecular complexity index is 1030. The van der Waals surface area contributed by atoms with Gasteiger partial charge in [-0.2, -0.15) is 0 Å². The van der Waals surface area contributed by atoms with Gasteiger partial charge >= 0.3 is 5.97 Å². The Labute approximate surface area is 183 Å². The monoisotopic (exact) mass is 420 g/mol. The molecule has 0 radical (unpaired) electrons. The van der Waals surface area contributed by atoms with Crippen LogP contribution in [0.5, 0.6) is 0 Å². The van der Waals surface area contributed by atoms with Gasteiger partial charge in [-0.1, -0.05) is 74.9 Å². The number of aliphatic carboxylic acids is 1. The molecule has 0 bridgehead atoms. The molecule has 0 aliphatic heterocycles. The lowest BCUT2D eigenvalue weighted by atomic mass is 9.98. The fourth-order valence-electron chi connectivity index (χ4n) is 3.88. The third-order valence-corrected chi connectivity index (χ3v) is 5.60. The highest BCUT2D eigenvalue weighted by molar-refractivity contribution is 5.66. The van der Waals surface area contributed by atoms with Crippen molar-refractivity contribution in [2.75, 3.05) is 0 Å². The van der Waals surface area contributed by atoms with Crippen LogP contribution in [0, 0.1) is 0 Å². The van der Waals surface area contributed by atoms with Crippen molar-refractivity contribution in [3.63, 3.8) is 0 Å². The zero-order valence-electron chi connectivity index (χ0n) is 18.4. The van der Waals surface area contributed by atoms with E-state index < -0.39 is 5.97 Å². The number of hydrogen-bond donors (Lipinski definition) is 2. The van der Waals surface area contributed by atoms with Gasteiger partial charge < -0.3 is 5.11 Å². The molecular weight excluding hydrogens is 388 g/mol. The van der Waals surface area contributed by atoms with Gasteiger partial charge in [-0.25, -0.2) is 4.68 Å². The van der Waals surface area contributed by atoms with Crippen LogP contribution in [-0.2, 0) is 24.2 Å². The highest BCUT2D eigenvalue weighted by atomic mass is 16.4. The van der Waals surface area contributed by atoms with Crippen LogP contribution in [0.2, 0.25) is 0 Å². The average Bonchev–Trinajstić information content (AvgIpc) is 3.05. The number of nitrogens with zero attached hydrogens (tertiary/aromatic N) is 1. The molecule has 0 spiro atoms. The topological polar surface area (TPSA) is 75.1 Å². The molecule has 3 aromatic rings. The van der Waals surface area contributed by atoms with E-state index in [4.69, 9.17) is 5.11 Å². The average molecular weight is 421 g/mol. The molecule has 164 valence electrons. The Morgan fingerprint density at radius 2 is 1.61 bits per heavy atom. The Hall–Kier alpha value is -3.08. The smallest absolute Gasteiger partial charge is 0.303 e. The quantitative estimate of drug-likeness (QED) is 0.423. The van der Waals surface area contributed by atoms with E-state index in [0.29, 0.717) is 13.0 Å². The summed E-state index contributed by atoms with van der Waals surface area (Å²) in [4.78, 5) is 23.7. The van der Waals surface area contributed by atoms with Crippen LogP contribution < -0.4 is 5.56 Å². The number of aryl methyl sites for hydroxylation is 1. The Morgan fingerprint density at radius 1 is 0.935 bits per heavy atom. The summed E-state index contributed by atoms with van der Waals surface area (Å²) in [5.74, 6) is -0.484. The molecule has 1 aromatic heterocycles. The molecule has 5 heteroatoms. The van der Waals surface area contributed by atoms with Gasteiger partial charge in [-0.05, 0) is 41.9 Å². The molecule has 0 unspecified atom stereocenters. The van der Waals surface area contributed by atoms with Crippen LogP contribution in [-0.4, -0.2) is 20.9 Å². The maximum atomic E-state index is 13.1. The van der Waals surface area contributed by atoms with Crippen molar-refractivity contribution in [2.24, 2.45) is 0 Å². The number of aromatic amines is 1. The summed E-state index contributed by atoms with van der Waals surface area (Å²) in [5.41, 5.74) is 5.37. The van der Waals surface area contributed by atoms with Gasteiger partial charge in [-0.3, -0.25) is 14.7 Å². The van der Waals surface area contributed by atoms with Gasteiger partial charge in [-0.15, -0.1) is 0 Å². The lowest BCUT2D eigenvalue weighted by molar-refractivity contribution is -0.137. The zero-order valence-corrected chi connectivity index (χ0v) is 18.4. The third-order valence-electron chi connectivity index (χ3n) is 5.60. The summed E-state index contributed by atoms with van der Waals surface area (Å²) in [6, 6.07) is 18.5. The summed E-state index contributed by atoms with van der Waals surface area (Å²) in [6.07, 6.45) is 4.46. The van der Waals surface area contributed by atoms with E-state index in [1.54, 1.807) is 4.68 Å². The molecule has 0 saturated carbocycles. The van der Waals surface area contributed by atoms with E-state index >= 15 is 0 Å². The van der Waals surface area contributed by atoms with Crippen molar-refractivity contribution in [1.29, 1.82) is 0 Å². The number of aromatic nitrogens is 2. The van der Waals surface area contributed by atoms with Crippen molar-refractivity contribution in [1.82, 2.24) is 9.78 Å². The third kappa shape index (κ3) is 6.45. The van der Waals surface area contributed by atoms with Crippen molar-refractivity contribution in [3.8, 4) is 0 Å². The second-order valence-corrected chi connectivity index (χ2v) is 8.48. The van der Waals surface area contributed by atoms with Gasteiger partial charge in [0.15, 0.2) is 0 Å². The molecule has 0 aliphatic rings. The second kappa shape index (κ2) is 10.8. The van der Waals surface area contributed by atoms with Crippen LogP contribution in [0.15, 0.2) is 59.4 Å². The fraction of sp³-hybridized carbons (Fsp3) is 0.385. The van der Waals surface area contributed by atoms with Crippen molar-refractivity contribution in [3.05, 3.63) is 92.9 Å². The Balaban J connectivity index is 1.67. The summed E-state index contributed by atoms with van der Waals surface area (Å²) in [7, 11) is 0. The van der Waals surface area contributed by atoms with E-state index in [2.05, 4.69) is 43.2 Å². The number of carboxylic acids is 1. The van der Waals surface area contributed by atoms with Gasteiger partial charge in [0.1, 0.15) is 0 Å². The molecule has 2 N–H and O–H groups in total. The predicted molar refractivity (Wildman–Crippen MR) is 124 cm³/mol. The molecule has 0 fully saturated rings. The van der Waals surface area contributed by atoms with Crippen molar-refractivity contribution in [2.45, 2.75) is 64.8 Å². The first-order chi connectivity index (χ1) is 14.9. The van der Waals surface area contributed by atoms with E-state index in [1.807, 2.05) is 30.3 Å². The van der Waals surface area contributed by atoms with E-state index in [1.165, 1.54) is 5.56 Å². The maximum absolute atomic E-state index is 13.1. The highest BCUT2D eigenvalue weighted by Crippen LogP contribution is 2.19. The first-order valence-electron chi connectivity index (χ1n) is 11.1. The SMILES string of the molecule is CC(C)c1[nH]n(Cc2ccccc2)c(=O)c1Cc1ccc(CCCCCC(=O)O)cc1. The molecular formula is C26H32N2O3. The minimum atomic E-state index is -0.724. The number of rotatable bonds is 11. The summed E-state index contributed by atoms with van der Waals surface area (Å²) in [5, 5.41) is 12.0. The van der Waals surface area contributed by atoms with E-state index in [0.717, 1.165) is 48.1 Å². The molecule has 0 saturated heterocycles. The predicted octanol–water partition coefficient (Wildman–Crippen LogP) is 5.13. The number of carbonyl (C=O) groups is 1. The molecule has 31 heavy (non-hydrogen) atoms. The van der Waals surface area contributed by atoms with Crippen LogP contribution >= 0.6 is 0 Å². The fourth-order valence-corrected chi connectivity index (χ4v) is 3.88. The number of benzene rings is 2. The first kappa shape index (κ1) is 22.6. The van der Waals surface area contributed by atoms with Gasteiger partial charge in [0.2, 0.25) is 0 Å². The summed E-state index contributed by atoms with van der Waals surface area (Å²) < 4.78 is 1.71. The van der Waals surface area contributed by atoms with E-state index in [-0.39, 0.29) is 17.9 Å². The van der Waals surface area contributed by atoms with Crippen molar-refractivity contribution >= 4 is 5.97 Å². The maximum Gasteiger partial charge on any atom is 0.303 e. The molecule has 1 heterocycles. The molecule has 0 aliphatic carbocycles. The summed E-state index contributed by atoms with van der Waals surface area (Å²) in [6.45, 7) is 4.75. The normalized spacial score (nSPS) is 11.2. The Morgan fingerprint density at radius 3 is 2.26 bits per heavy atom.